The summed E-state index contributed by atoms with van der Waals surface area (Å²) in [5, 5.41) is 5.60. The summed E-state index contributed by atoms with van der Waals surface area (Å²) in [6, 6.07) is 23.9. The SMILES string of the molecule is Cc1cccc(C(=O)Oc2c(Br)cc(Br)cc2C=NNC(=O)c2[nH]c3ccc(C)cc3c2-c2ccccc2Cl)c1. The number of carbonyl (C=O) groups excluding carboxylic acids is 2. The monoisotopic (exact) mass is 677 g/mol. The number of esters is 1. The van der Waals surface area contributed by atoms with Crippen LogP contribution in [-0.2, 0) is 0 Å². The van der Waals surface area contributed by atoms with E-state index >= 15 is 0 Å². The van der Waals surface area contributed by atoms with Crippen molar-refractivity contribution in [3.05, 3.63) is 121 Å². The van der Waals surface area contributed by atoms with Crippen molar-refractivity contribution in [3.8, 4) is 16.9 Å². The van der Waals surface area contributed by atoms with Crippen molar-refractivity contribution in [1.82, 2.24) is 10.4 Å². The van der Waals surface area contributed by atoms with Crippen LogP contribution >= 0.6 is 43.5 Å². The first kappa shape index (κ1) is 27.8. The Kier molecular flexibility index (Phi) is 8.21. The molecule has 0 bridgehead atoms. The van der Waals surface area contributed by atoms with E-state index in [0.717, 1.165) is 32.1 Å². The van der Waals surface area contributed by atoms with Crippen LogP contribution in [0.5, 0.6) is 5.75 Å². The standard InChI is InChI=1S/C31H22Br2ClN3O3/c1-17-6-5-7-19(12-17)31(39)40-29-20(14-21(32)15-24(29)33)16-35-37-30(38)28-27(22-8-3-4-9-25(22)34)23-13-18(2)10-11-26(23)36-28/h3-16,36H,1-2H3,(H,37,38). The summed E-state index contributed by atoms with van der Waals surface area (Å²) < 4.78 is 7.00. The third kappa shape index (κ3) is 5.89. The molecule has 0 aliphatic carbocycles. The summed E-state index contributed by atoms with van der Waals surface area (Å²) in [5.41, 5.74) is 8.04. The predicted molar refractivity (Wildman–Crippen MR) is 167 cm³/mol. The number of benzene rings is 4. The molecule has 2 N–H and O–H groups in total. The topological polar surface area (TPSA) is 83.5 Å². The normalized spacial score (nSPS) is 11.2. The molecular formula is C31H22Br2ClN3O3. The van der Waals surface area contributed by atoms with Gasteiger partial charge in [0.05, 0.1) is 16.3 Å². The Labute approximate surface area is 252 Å². The number of carbonyl (C=O) groups is 2. The smallest absolute Gasteiger partial charge is 0.343 e. The number of hydrazone groups is 1. The van der Waals surface area contributed by atoms with Crippen LogP contribution in [0.3, 0.4) is 0 Å². The third-order valence-electron chi connectivity index (χ3n) is 6.18. The van der Waals surface area contributed by atoms with Gasteiger partial charge >= 0.3 is 5.97 Å². The Hall–Kier alpha value is -3.72. The molecule has 40 heavy (non-hydrogen) atoms. The lowest BCUT2D eigenvalue weighted by Crippen LogP contribution is -2.19. The maximum atomic E-state index is 13.4. The molecule has 5 aromatic rings. The minimum Gasteiger partial charge on any atom is -0.421 e. The van der Waals surface area contributed by atoms with Crippen molar-refractivity contribution in [2.75, 3.05) is 0 Å². The Morgan fingerprint density at radius 2 is 1.73 bits per heavy atom. The highest BCUT2D eigenvalue weighted by Crippen LogP contribution is 2.37. The van der Waals surface area contributed by atoms with Gasteiger partial charge in [0.15, 0.2) is 5.75 Å². The molecule has 0 aliphatic rings. The molecule has 0 saturated carbocycles. The van der Waals surface area contributed by atoms with Crippen LogP contribution in [0, 0.1) is 13.8 Å². The fraction of sp³-hybridized carbons (Fsp3) is 0.0645. The number of nitrogens with one attached hydrogen (secondary N) is 2. The first-order valence-electron chi connectivity index (χ1n) is 12.2. The summed E-state index contributed by atoms with van der Waals surface area (Å²) in [6.45, 7) is 3.89. The van der Waals surface area contributed by atoms with Crippen molar-refractivity contribution in [1.29, 1.82) is 0 Å². The summed E-state index contributed by atoms with van der Waals surface area (Å²) in [7, 11) is 0. The van der Waals surface area contributed by atoms with Gasteiger partial charge in [-0.05, 0) is 72.2 Å². The Morgan fingerprint density at radius 3 is 2.50 bits per heavy atom. The highest BCUT2D eigenvalue weighted by molar-refractivity contribution is 9.11. The largest absolute Gasteiger partial charge is 0.421 e. The van der Waals surface area contributed by atoms with E-state index in [0.29, 0.717) is 31.9 Å². The number of fused-ring (bicyclic) bond motifs is 1. The number of rotatable bonds is 6. The van der Waals surface area contributed by atoms with Crippen LogP contribution in [-0.4, -0.2) is 23.1 Å². The molecule has 9 heteroatoms. The van der Waals surface area contributed by atoms with Crippen LogP contribution in [0.1, 0.15) is 37.5 Å². The van der Waals surface area contributed by atoms with E-state index in [-0.39, 0.29) is 5.75 Å². The number of hydrogen-bond donors (Lipinski definition) is 2. The summed E-state index contributed by atoms with van der Waals surface area (Å²) in [4.78, 5) is 29.5. The maximum Gasteiger partial charge on any atom is 0.343 e. The van der Waals surface area contributed by atoms with Gasteiger partial charge in [-0.1, -0.05) is 75.1 Å². The zero-order valence-corrected chi connectivity index (χ0v) is 25.3. The fourth-order valence-electron chi connectivity index (χ4n) is 4.34. The number of hydrogen-bond acceptors (Lipinski definition) is 4. The van der Waals surface area contributed by atoms with Crippen LogP contribution in [0.4, 0.5) is 0 Å². The predicted octanol–water partition coefficient (Wildman–Crippen LogP) is 8.61. The van der Waals surface area contributed by atoms with Crippen LogP contribution in [0.2, 0.25) is 5.02 Å². The van der Waals surface area contributed by atoms with Gasteiger partial charge in [0.1, 0.15) is 5.69 Å². The van der Waals surface area contributed by atoms with Gasteiger partial charge in [0.2, 0.25) is 0 Å². The number of halogens is 3. The summed E-state index contributed by atoms with van der Waals surface area (Å²) in [6.07, 6.45) is 1.42. The molecular weight excluding hydrogens is 658 g/mol. The molecule has 0 fully saturated rings. The second kappa shape index (κ2) is 11.8. The molecule has 0 unspecified atom stereocenters. The summed E-state index contributed by atoms with van der Waals surface area (Å²) in [5.74, 6) is -0.693. The zero-order chi connectivity index (χ0) is 28.4. The molecule has 0 radical (unpaired) electrons. The van der Waals surface area contributed by atoms with E-state index < -0.39 is 11.9 Å². The molecule has 0 spiro atoms. The molecule has 1 heterocycles. The number of nitrogens with zero attached hydrogens (tertiary/aromatic N) is 1. The van der Waals surface area contributed by atoms with Gasteiger partial charge in [0.25, 0.3) is 5.91 Å². The number of amides is 1. The number of aromatic nitrogens is 1. The van der Waals surface area contributed by atoms with Crippen molar-refractivity contribution in [3.63, 3.8) is 0 Å². The fourth-order valence-corrected chi connectivity index (χ4v) is 5.91. The van der Waals surface area contributed by atoms with Crippen LogP contribution in [0.15, 0.2) is 92.9 Å². The molecule has 0 saturated heterocycles. The van der Waals surface area contributed by atoms with Crippen LogP contribution < -0.4 is 10.2 Å². The first-order valence-corrected chi connectivity index (χ1v) is 14.2. The molecule has 200 valence electrons. The molecule has 1 amide bonds. The maximum absolute atomic E-state index is 13.4. The third-order valence-corrected chi connectivity index (χ3v) is 7.56. The second-order valence-electron chi connectivity index (χ2n) is 9.17. The zero-order valence-electron chi connectivity index (χ0n) is 21.4. The minimum atomic E-state index is -0.511. The second-order valence-corrected chi connectivity index (χ2v) is 11.3. The van der Waals surface area contributed by atoms with E-state index in [2.05, 4.69) is 47.4 Å². The molecule has 0 atom stereocenters. The first-order chi connectivity index (χ1) is 19.2. The molecule has 6 nitrogen and oxygen atoms in total. The van der Waals surface area contributed by atoms with Gasteiger partial charge in [-0.25, -0.2) is 10.2 Å². The number of aromatic amines is 1. The van der Waals surface area contributed by atoms with Gasteiger partial charge in [0, 0.05) is 37.1 Å². The average molecular weight is 680 g/mol. The molecule has 5 rings (SSSR count). The van der Waals surface area contributed by atoms with Crippen molar-refractivity contribution >= 4 is 72.5 Å². The van der Waals surface area contributed by atoms with Gasteiger partial charge < -0.3 is 9.72 Å². The van der Waals surface area contributed by atoms with Gasteiger partial charge in [-0.2, -0.15) is 5.10 Å². The highest BCUT2D eigenvalue weighted by atomic mass is 79.9. The quantitative estimate of drug-likeness (QED) is 0.0816. The highest BCUT2D eigenvalue weighted by Gasteiger charge is 2.21. The van der Waals surface area contributed by atoms with Crippen molar-refractivity contribution in [2.45, 2.75) is 13.8 Å². The van der Waals surface area contributed by atoms with E-state index in [1.807, 2.05) is 56.3 Å². The van der Waals surface area contributed by atoms with E-state index in [1.165, 1.54) is 6.21 Å². The van der Waals surface area contributed by atoms with E-state index in [9.17, 15) is 9.59 Å². The van der Waals surface area contributed by atoms with E-state index in [4.69, 9.17) is 16.3 Å². The lowest BCUT2D eigenvalue weighted by Gasteiger charge is -2.11. The minimum absolute atomic E-state index is 0.269. The molecule has 1 aromatic heterocycles. The Bertz CT molecular complexity index is 1810. The van der Waals surface area contributed by atoms with E-state index in [1.54, 1.807) is 36.4 Å². The summed E-state index contributed by atoms with van der Waals surface area (Å²) >= 11 is 13.5. The average Bonchev–Trinajstić information content (AvgIpc) is 3.29. The Morgan fingerprint density at radius 1 is 0.950 bits per heavy atom. The molecule has 4 aromatic carbocycles. The number of aryl methyl sites for hydroxylation is 2. The van der Waals surface area contributed by atoms with Crippen molar-refractivity contribution < 1.29 is 14.3 Å². The van der Waals surface area contributed by atoms with Gasteiger partial charge in [-0.15, -0.1) is 0 Å². The van der Waals surface area contributed by atoms with Gasteiger partial charge in [-0.3, -0.25) is 4.79 Å². The molecule has 0 aliphatic heterocycles. The lowest BCUT2D eigenvalue weighted by atomic mass is 10.0. The lowest BCUT2D eigenvalue weighted by molar-refractivity contribution is 0.0732. The van der Waals surface area contributed by atoms with Crippen molar-refractivity contribution in [2.24, 2.45) is 5.10 Å². The van der Waals surface area contributed by atoms with Crippen LogP contribution in [0.25, 0.3) is 22.0 Å². The Balaban J connectivity index is 1.46. The number of H-pyrrole nitrogens is 1. The number of ether oxygens (including phenoxy) is 1.